The minimum atomic E-state index is -0.635. The molecule has 5 fully saturated rings. The normalized spacial score (nSPS) is 28.9. The van der Waals surface area contributed by atoms with Crippen LogP contribution < -0.4 is 15.0 Å². The lowest BCUT2D eigenvalue weighted by Gasteiger charge is -2.57. The molecule has 0 radical (unpaired) electrons. The van der Waals surface area contributed by atoms with Crippen LogP contribution in [0.15, 0.2) is 48.5 Å². The number of halogens is 1. The number of amides is 2. The Morgan fingerprint density at radius 3 is 2.25 bits per heavy atom. The van der Waals surface area contributed by atoms with Gasteiger partial charge < -0.3 is 15.0 Å². The lowest BCUT2D eigenvalue weighted by atomic mass is 9.49. The second-order valence-corrected chi connectivity index (χ2v) is 13.2. The van der Waals surface area contributed by atoms with E-state index in [1.807, 2.05) is 41.3 Å². The molecule has 4 saturated carbocycles. The van der Waals surface area contributed by atoms with Gasteiger partial charge in [-0.3, -0.25) is 14.5 Å². The Hall–Kier alpha value is -2.64. The van der Waals surface area contributed by atoms with Crippen LogP contribution in [-0.4, -0.2) is 41.0 Å². The Kier molecular flexibility index (Phi) is 7.79. The smallest absolute Gasteiger partial charge is 0.256 e. The predicted molar refractivity (Wildman–Crippen MR) is 163 cm³/mol. The summed E-state index contributed by atoms with van der Waals surface area (Å²) in [6.45, 7) is 3.41. The zero-order valence-electron chi connectivity index (χ0n) is 23.1. The van der Waals surface area contributed by atoms with Crippen LogP contribution in [0.2, 0.25) is 5.02 Å². The third-order valence-corrected chi connectivity index (χ3v) is 10.1. The molecular formula is C32H38ClN3O3S. The van der Waals surface area contributed by atoms with Crippen molar-refractivity contribution < 1.29 is 14.3 Å². The standard InChI is InChI=1S/C32H38ClN3O3S/c1-2-13-39-27-9-5-25(6-10-27)34-29(37)17-28-30(38)36(26-7-3-24(33)4-8-26)31(40)35(28)12-11-32-18-21-14-22(19-32)16-23(15-21)20-32/h3-10,21-23,28H,2,11-20H2,1H3,(H,34,37)/t21?,22?,23?,28-,32?/m0/s1. The maximum atomic E-state index is 13.8. The largest absolute Gasteiger partial charge is 0.494 e. The molecule has 8 heteroatoms. The first-order valence-corrected chi connectivity index (χ1v) is 15.5. The molecule has 7 rings (SSSR count). The van der Waals surface area contributed by atoms with Gasteiger partial charge in [0.05, 0.1) is 18.7 Å². The predicted octanol–water partition coefficient (Wildman–Crippen LogP) is 7.07. The second-order valence-electron chi connectivity index (χ2n) is 12.4. The Morgan fingerprint density at radius 1 is 1.02 bits per heavy atom. The molecule has 40 heavy (non-hydrogen) atoms. The zero-order valence-corrected chi connectivity index (χ0v) is 24.7. The number of ether oxygens (including phenoxy) is 1. The first kappa shape index (κ1) is 27.5. The summed E-state index contributed by atoms with van der Waals surface area (Å²) in [6, 6.07) is 13.9. The molecule has 212 valence electrons. The Morgan fingerprint density at radius 2 is 1.65 bits per heavy atom. The summed E-state index contributed by atoms with van der Waals surface area (Å²) in [4.78, 5) is 30.7. The molecule has 0 aromatic heterocycles. The van der Waals surface area contributed by atoms with E-state index in [1.165, 1.54) is 38.5 Å². The average molecular weight is 580 g/mol. The van der Waals surface area contributed by atoms with Crippen molar-refractivity contribution in [1.29, 1.82) is 0 Å². The van der Waals surface area contributed by atoms with Gasteiger partial charge in [0.15, 0.2) is 5.11 Å². The van der Waals surface area contributed by atoms with Gasteiger partial charge in [-0.1, -0.05) is 18.5 Å². The molecule has 5 aliphatic rings. The highest BCUT2D eigenvalue weighted by molar-refractivity contribution is 7.80. The van der Waals surface area contributed by atoms with E-state index in [2.05, 4.69) is 12.2 Å². The maximum Gasteiger partial charge on any atom is 0.256 e. The highest BCUT2D eigenvalue weighted by Crippen LogP contribution is 2.61. The summed E-state index contributed by atoms with van der Waals surface area (Å²) in [5.41, 5.74) is 1.72. The molecule has 6 nitrogen and oxygen atoms in total. The van der Waals surface area contributed by atoms with Gasteiger partial charge in [0.1, 0.15) is 11.8 Å². The number of benzene rings is 2. The van der Waals surface area contributed by atoms with Gasteiger partial charge in [0.2, 0.25) is 5.91 Å². The van der Waals surface area contributed by atoms with Crippen LogP contribution in [0.5, 0.6) is 5.75 Å². The highest BCUT2D eigenvalue weighted by Gasteiger charge is 2.52. The van der Waals surface area contributed by atoms with Crippen LogP contribution in [-0.2, 0) is 9.59 Å². The fourth-order valence-electron chi connectivity index (χ4n) is 8.11. The van der Waals surface area contributed by atoms with Crippen molar-refractivity contribution in [2.75, 3.05) is 23.4 Å². The molecule has 1 saturated heterocycles. The number of anilines is 2. The monoisotopic (exact) mass is 579 g/mol. The second kappa shape index (κ2) is 11.3. The van der Waals surface area contributed by atoms with E-state index in [-0.39, 0.29) is 18.2 Å². The maximum absolute atomic E-state index is 13.8. The third kappa shape index (κ3) is 5.60. The van der Waals surface area contributed by atoms with Crippen molar-refractivity contribution in [3.05, 3.63) is 53.6 Å². The number of hydrogen-bond acceptors (Lipinski definition) is 4. The first-order valence-electron chi connectivity index (χ1n) is 14.8. The van der Waals surface area contributed by atoms with E-state index < -0.39 is 6.04 Å². The van der Waals surface area contributed by atoms with E-state index >= 15 is 0 Å². The van der Waals surface area contributed by atoms with Gasteiger partial charge in [-0.25, -0.2) is 0 Å². The van der Waals surface area contributed by atoms with Gasteiger partial charge in [-0.15, -0.1) is 0 Å². The van der Waals surface area contributed by atoms with E-state index in [1.54, 1.807) is 17.0 Å². The summed E-state index contributed by atoms with van der Waals surface area (Å²) >= 11 is 12.0. The van der Waals surface area contributed by atoms with Crippen LogP contribution in [0.25, 0.3) is 0 Å². The first-order chi connectivity index (χ1) is 19.3. The van der Waals surface area contributed by atoms with E-state index in [9.17, 15) is 9.59 Å². The van der Waals surface area contributed by atoms with Crippen LogP contribution in [0.3, 0.4) is 0 Å². The summed E-state index contributed by atoms with van der Waals surface area (Å²) in [5, 5.41) is 4.05. The lowest BCUT2D eigenvalue weighted by Crippen LogP contribution is -2.48. The Labute approximate surface area is 247 Å². The molecule has 0 unspecified atom stereocenters. The van der Waals surface area contributed by atoms with Gasteiger partial charge >= 0.3 is 0 Å². The molecule has 1 N–H and O–H groups in total. The summed E-state index contributed by atoms with van der Waals surface area (Å²) in [7, 11) is 0. The molecule has 4 aliphatic carbocycles. The van der Waals surface area contributed by atoms with Crippen LogP contribution >= 0.6 is 23.8 Å². The van der Waals surface area contributed by atoms with Crippen molar-refractivity contribution in [1.82, 2.24) is 4.90 Å². The summed E-state index contributed by atoms with van der Waals surface area (Å²) in [6.07, 6.45) is 10.1. The number of hydrogen-bond donors (Lipinski definition) is 1. The fourth-order valence-corrected chi connectivity index (χ4v) is 8.65. The third-order valence-electron chi connectivity index (χ3n) is 9.44. The SMILES string of the molecule is CCCOc1ccc(NC(=O)C[C@H]2C(=O)N(c3ccc(Cl)cc3)C(=S)N2CCC23CC4CC(CC(C4)C2)C3)cc1. The van der Waals surface area contributed by atoms with Gasteiger partial charge in [-0.2, -0.15) is 0 Å². The van der Waals surface area contributed by atoms with Crippen molar-refractivity contribution in [3.8, 4) is 5.75 Å². The van der Waals surface area contributed by atoms with Crippen LogP contribution in [0, 0.1) is 23.2 Å². The average Bonchev–Trinajstić information content (AvgIpc) is 3.15. The van der Waals surface area contributed by atoms with E-state index in [0.29, 0.717) is 40.1 Å². The quantitative estimate of drug-likeness (QED) is 0.305. The molecule has 2 aromatic carbocycles. The Bertz CT molecular complexity index is 1230. The number of nitrogens with one attached hydrogen (secondary N) is 1. The lowest BCUT2D eigenvalue weighted by molar-refractivity contribution is -0.124. The van der Waals surface area contributed by atoms with E-state index in [0.717, 1.165) is 36.3 Å². The molecule has 1 heterocycles. The van der Waals surface area contributed by atoms with Crippen LogP contribution in [0.1, 0.15) is 64.7 Å². The number of carbonyl (C=O) groups excluding carboxylic acids is 2. The minimum Gasteiger partial charge on any atom is -0.494 e. The van der Waals surface area contributed by atoms with Gasteiger partial charge in [0.25, 0.3) is 5.91 Å². The van der Waals surface area contributed by atoms with Crippen molar-refractivity contribution in [2.45, 2.75) is 70.8 Å². The Balaban J connectivity index is 1.18. The highest BCUT2D eigenvalue weighted by atomic mass is 35.5. The summed E-state index contributed by atoms with van der Waals surface area (Å²) < 4.78 is 5.65. The molecule has 2 aromatic rings. The van der Waals surface area contributed by atoms with Gasteiger partial charge in [0, 0.05) is 17.3 Å². The molecule has 4 bridgehead atoms. The molecule has 2 amide bonds. The van der Waals surface area contributed by atoms with Crippen LogP contribution in [0.4, 0.5) is 11.4 Å². The zero-order chi connectivity index (χ0) is 27.9. The molecular weight excluding hydrogens is 542 g/mol. The molecule has 0 spiro atoms. The van der Waals surface area contributed by atoms with Crippen molar-refractivity contribution >= 4 is 52.1 Å². The summed E-state index contributed by atoms with van der Waals surface area (Å²) in [5.74, 6) is 3.00. The fraction of sp³-hybridized carbons (Fsp3) is 0.531. The number of nitrogens with zero attached hydrogens (tertiary/aromatic N) is 2. The number of rotatable bonds is 10. The molecule has 1 aliphatic heterocycles. The number of carbonyl (C=O) groups is 2. The number of thiocarbonyl (C=S) groups is 1. The molecule has 1 atom stereocenters. The van der Waals surface area contributed by atoms with E-state index in [4.69, 9.17) is 28.6 Å². The minimum absolute atomic E-state index is 0.0397. The van der Waals surface area contributed by atoms with Gasteiger partial charge in [-0.05, 0) is 135 Å². The van der Waals surface area contributed by atoms with Crippen molar-refractivity contribution in [3.63, 3.8) is 0 Å². The topological polar surface area (TPSA) is 61.9 Å². The van der Waals surface area contributed by atoms with Crippen molar-refractivity contribution in [2.24, 2.45) is 23.2 Å².